The average molecular weight is 366 g/mol. The van der Waals surface area contributed by atoms with Crippen molar-refractivity contribution in [2.24, 2.45) is 0 Å². The number of rotatable bonds is 6. The van der Waals surface area contributed by atoms with Crippen molar-refractivity contribution in [1.82, 2.24) is 9.55 Å². The molecule has 2 aliphatic rings. The van der Waals surface area contributed by atoms with E-state index in [0.29, 0.717) is 25.0 Å². The van der Waals surface area contributed by atoms with Crippen LogP contribution in [-0.4, -0.2) is 58.1 Å². The fraction of sp³-hybridized carbons (Fsp3) is 0.647. The van der Waals surface area contributed by atoms with Crippen LogP contribution in [0.25, 0.3) is 11.1 Å². The zero-order valence-electron chi connectivity index (χ0n) is 14.2. The van der Waals surface area contributed by atoms with E-state index in [1.807, 2.05) is 6.07 Å². The summed E-state index contributed by atoms with van der Waals surface area (Å²) in [5.74, 6) is 0.739. The Morgan fingerprint density at radius 1 is 1.31 bits per heavy atom. The number of aliphatic hydroxyl groups excluding tert-OH is 2. The number of fused-ring (bicyclic) bond motifs is 1. The Balaban J connectivity index is 1.47. The van der Waals surface area contributed by atoms with E-state index in [1.54, 1.807) is 6.20 Å². The predicted octanol–water partition coefficient (Wildman–Crippen LogP) is 0.326. The van der Waals surface area contributed by atoms with Crippen molar-refractivity contribution >= 4 is 11.1 Å². The van der Waals surface area contributed by atoms with Crippen molar-refractivity contribution in [3.05, 3.63) is 28.5 Å². The molecule has 142 valence electrons. The summed E-state index contributed by atoms with van der Waals surface area (Å²) in [6.07, 6.45) is 1.87. The summed E-state index contributed by atoms with van der Waals surface area (Å²) in [6.45, 7) is 0.980. The first-order valence-corrected chi connectivity index (χ1v) is 8.83. The predicted molar refractivity (Wildman–Crippen MR) is 88.5 cm³/mol. The van der Waals surface area contributed by atoms with Crippen molar-refractivity contribution in [2.45, 2.75) is 50.4 Å². The van der Waals surface area contributed by atoms with Crippen LogP contribution in [-0.2, 0) is 20.6 Å². The third kappa shape index (κ3) is 3.53. The molecule has 2 aromatic rings. The zero-order valence-corrected chi connectivity index (χ0v) is 14.2. The first kappa shape index (κ1) is 17.6. The van der Waals surface area contributed by atoms with Gasteiger partial charge in [-0.25, -0.2) is 4.79 Å². The smallest absolute Gasteiger partial charge is 0.353 e. The maximum atomic E-state index is 12.3. The molecule has 0 aromatic carbocycles. The minimum atomic E-state index is -0.812. The van der Waals surface area contributed by atoms with Crippen LogP contribution >= 0.6 is 0 Å². The van der Waals surface area contributed by atoms with Crippen LogP contribution in [0.1, 0.15) is 31.3 Å². The minimum absolute atomic E-state index is 0.140. The normalized spacial score (nSPS) is 26.9. The van der Waals surface area contributed by atoms with Gasteiger partial charge >= 0.3 is 5.69 Å². The van der Waals surface area contributed by atoms with Crippen LogP contribution in [0.2, 0.25) is 0 Å². The molecule has 3 atom stereocenters. The molecule has 4 rings (SSSR count). The molecule has 9 heteroatoms. The lowest BCUT2D eigenvalue weighted by atomic mass is 10.2. The molecule has 0 saturated carbocycles. The van der Waals surface area contributed by atoms with Crippen molar-refractivity contribution in [1.29, 1.82) is 0 Å². The number of hydrogen-bond acceptors (Lipinski definition) is 8. The summed E-state index contributed by atoms with van der Waals surface area (Å²) < 4.78 is 23.3. The third-order valence-electron chi connectivity index (χ3n) is 4.74. The number of aliphatic hydroxyl groups is 2. The van der Waals surface area contributed by atoms with Gasteiger partial charge in [-0.05, 0) is 18.9 Å². The van der Waals surface area contributed by atoms with E-state index in [0.717, 1.165) is 18.6 Å². The van der Waals surface area contributed by atoms with Crippen molar-refractivity contribution < 1.29 is 28.8 Å². The Labute approximate surface area is 149 Å². The lowest BCUT2D eigenvalue weighted by molar-refractivity contribution is -0.0477. The molecule has 0 spiro atoms. The van der Waals surface area contributed by atoms with E-state index in [-0.39, 0.29) is 25.0 Å². The van der Waals surface area contributed by atoms with Gasteiger partial charge in [-0.15, -0.1) is 0 Å². The molecular weight excluding hydrogens is 344 g/mol. The molecule has 2 saturated heterocycles. The van der Waals surface area contributed by atoms with Gasteiger partial charge in [0, 0.05) is 19.0 Å². The molecule has 2 aromatic heterocycles. The van der Waals surface area contributed by atoms with E-state index >= 15 is 0 Å². The average Bonchev–Trinajstić information content (AvgIpc) is 3.33. The van der Waals surface area contributed by atoms with E-state index < -0.39 is 24.1 Å². The lowest BCUT2D eigenvalue weighted by Crippen LogP contribution is -2.27. The fourth-order valence-corrected chi connectivity index (χ4v) is 3.37. The topological polar surface area (TPSA) is 116 Å². The van der Waals surface area contributed by atoms with Gasteiger partial charge in [-0.3, -0.25) is 4.57 Å². The molecule has 9 nitrogen and oxygen atoms in total. The Morgan fingerprint density at radius 3 is 2.85 bits per heavy atom. The number of nitrogens with zero attached hydrogens (tertiary/aromatic N) is 2. The van der Waals surface area contributed by atoms with Gasteiger partial charge < -0.3 is 28.8 Å². The highest BCUT2D eigenvalue weighted by molar-refractivity contribution is 5.72. The summed E-state index contributed by atoms with van der Waals surface area (Å²) in [5, 5.41) is 19.7. The van der Waals surface area contributed by atoms with Gasteiger partial charge in [0.05, 0.1) is 31.3 Å². The second-order valence-electron chi connectivity index (χ2n) is 6.58. The minimum Gasteiger partial charge on any atom is -0.443 e. The van der Waals surface area contributed by atoms with Gasteiger partial charge in [-0.2, -0.15) is 4.98 Å². The lowest BCUT2D eigenvalue weighted by Gasteiger charge is -2.13. The van der Waals surface area contributed by atoms with Crippen LogP contribution in [0.15, 0.2) is 21.5 Å². The maximum Gasteiger partial charge on any atom is 0.353 e. The summed E-state index contributed by atoms with van der Waals surface area (Å²) in [6, 6.07) is 1.85. The van der Waals surface area contributed by atoms with Crippen LogP contribution in [0, 0.1) is 0 Å². The molecule has 26 heavy (non-hydrogen) atoms. The molecule has 2 fully saturated rings. The first-order valence-electron chi connectivity index (χ1n) is 8.83. The molecule has 0 radical (unpaired) electrons. The quantitative estimate of drug-likeness (QED) is 0.751. The molecule has 2 aliphatic heterocycles. The Bertz CT molecular complexity index is 811. The fourth-order valence-electron chi connectivity index (χ4n) is 3.37. The summed E-state index contributed by atoms with van der Waals surface area (Å²) >= 11 is 0. The molecule has 0 amide bonds. The number of ether oxygens (including phenoxy) is 3. The van der Waals surface area contributed by atoms with E-state index in [1.165, 1.54) is 4.57 Å². The Hall–Kier alpha value is -1.78. The van der Waals surface area contributed by atoms with Crippen molar-refractivity contribution in [3.8, 4) is 0 Å². The second-order valence-corrected chi connectivity index (χ2v) is 6.58. The highest BCUT2D eigenvalue weighted by Crippen LogP contribution is 2.28. The largest absolute Gasteiger partial charge is 0.443 e. The van der Waals surface area contributed by atoms with E-state index in [9.17, 15) is 15.0 Å². The second kappa shape index (κ2) is 7.45. The van der Waals surface area contributed by atoms with Gasteiger partial charge in [0.1, 0.15) is 18.1 Å². The molecule has 0 unspecified atom stereocenters. The Kier molecular flexibility index (Phi) is 5.05. The third-order valence-corrected chi connectivity index (χ3v) is 4.74. The number of hydrogen-bond donors (Lipinski definition) is 2. The molecule has 2 N–H and O–H groups in total. The van der Waals surface area contributed by atoms with Gasteiger partial charge in [0.2, 0.25) is 5.71 Å². The van der Waals surface area contributed by atoms with Crippen LogP contribution < -0.4 is 5.69 Å². The Morgan fingerprint density at radius 2 is 2.12 bits per heavy atom. The van der Waals surface area contributed by atoms with Crippen molar-refractivity contribution in [2.75, 3.05) is 19.8 Å². The number of furan rings is 1. The molecule has 0 aliphatic carbocycles. The van der Waals surface area contributed by atoms with Crippen LogP contribution in [0.4, 0.5) is 0 Å². The van der Waals surface area contributed by atoms with E-state index in [4.69, 9.17) is 18.6 Å². The first-order chi connectivity index (χ1) is 12.6. The van der Waals surface area contributed by atoms with Crippen LogP contribution in [0.5, 0.6) is 0 Å². The van der Waals surface area contributed by atoms with Gasteiger partial charge in [0.15, 0.2) is 6.29 Å². The maximum absolute atomic E-state index is 12.3. The molecule has 4 heterocycles. The van der Waals surface area contributed by atoms with Gasteiger partial charge in [-0.1, -0.05) is 0 Å². The SMILES string of the molecule is O=c1nc2oc(CCCC3OCCO3)cc2cn1[C@H]1C[C@H](O)[C@@H](CO)O1. The molecule has 0 bridgehead atoms. The highest BCUT2D eigenvalue weighted by atomic mass is 16.7. The summed E-state index contributed by atoms with van der Waals surface area (Å²) in [4.78, 5) is 16.2. The highest BCUT2D eigenvalue weighted by Gasteiger charge is 2.35. The number of aromatic nitrogens is 2. The molecular formula is C17H22N2O7. The summed E-state index contributed by atoms with van der Waals surface area (Å²) in [5.41, 5.74) is -0.228. The van der Waals surface area contributed by atoms with Gasteiger partial charge in [0.25, 0.3) is 0 Å². The van der Waals surface area contributed by atoms with Crippen molar-refractivity contribution in [3.63, 3.8) is 0 Å². The number of aryl methyl sites for hydroxylation is 1. The van der Waals surface area contributed by atoms with E-state index in [2.05, 4.69) is 4.98 Å². The standard InChI is InChI=1S/C17H22N2O7/c20-9-13-12(21)7-14(26-13)19-8-10-6-11(25-16(10)18-17(19)22)2-1-3-15-23-4-5-24-15/h6,8,12-15,20-21H,1-5,7,9H2/t12-,13+,14+/m0/s1. The summed E-state index contributed by atoms with van der Waals surface area (Å²) in [7, 11) is 0. The zero-order chi connectivity index (χ0) is 18.1. The monoisotopic (exact) mass is 366 g/mol. The van der Waals surface area contributed by atoms with Crippen LogP contribution in [0.3, 0.4) is 0 Å².